The minimum Gasteiger partial charge on any atom is -0.456 e. The fourth-order valence-corrected chi connectivity index (χ4v) is 10.9. The molecule has 0 amide bonds. The average Bonchev–Trinajstić information content (AvgIpc) is 3.60. The molecule has 0 atom stereocenters. The molecule has 0 radical (unpaired) electrons. The Balaban J connectivity index is 1.02. The molecule has 3 heteroatoms. The van der Waals surface area contributed by atoms with Crippen molar-refractivity contribution in [2.75, 3.05) is 9.80 Å². The number of rotatable bonds is 8. The molecule has 4 saturated carbocycles. The first-order chi connectivity index (χ1) is 27.2. The maximum absolute atomic E-state index is 6.51. The van der Waals surface area contributed by atoms with Gasteiger partial charge in [-0.05, 0) is 163 Å². The van der Waals surface area contributed by atoms with Gasteiger partial charge in [0.05, 0.1) is 0 Å². The van der Waals surface area contributed by atoms with Crippen LogP contribution in [0.2, 0.25) is 0 Å². The van der Waals surface area contributed by atoms with Crippen molar-refractivity contribution in [1.82, 2.24) is 0 Å². The first-order valence-electron chi connectivity index (χ1n) is 20.1. The highest BCUT2D eigenvalue weighted by atomic mass is 16.3. The summed E-state index contributed by atoms with van der Waals surface area (Å²) in [7, 11) is 0. The van der Waals surface area contributed by atoms with E-state index >= 15 is 0 Å². The van der Waals surface area contributed by atoms with Crippen molar-refractivity contribution in [3.05, 3.63) is 181 Å². The molecular weight excluding hydrogens is 669 g/mol. The SMILES string of the molecule is c1ccc(-c2ccc(N(c3ccc(C45CC6CC(CC(C6)C4)C5)cc3)c3ccc4oc5ccc(N(c6ccccc6)c6ccccc6)cc5c4c3)cc2)cc1. The third kappa shape index (κ3) is 5.72. The zero-order valence-electron chi connectivity index (χ0n) is 31.0. The van der Waals surface area contributed by atoms with E-state index in [1.807, 2.05) is 0 Å². The van der Waals surface area contributed by atoms with Gasteiger partial charge in [-0.1, -0.05) is 91.0 Å². The molecule has 12 rings (SSSR count). The van der Waals surface area contributed by atoms with Crippen molar-refractivity contribution < 1.29 is 4.42 Å². The van der Waals surface area contributed by atoms with Crippen LogP contribution in [0.15, 0.2) is 180 Å². The van der Waals surface area contributed by atoms with Gasteiger partial charge in [-0.25, -0.2) is 0 Å². The quantitative estimate of drug-likeness (QED) is 0.156. The van der Waals surface area contributed by atoms with Gasteiger partial charge in [0.2, 0.25) is 0 Å². The van der Waals surface area contributed by atoms with Gasteiger partial charge in [0.15, 0.2) is 0 Å². The highest BCUT2D eigenvalue weighted by molar-refractivity contribution is 6.08. The first-order valence-corrected chi connectivity index (χ1v) is 20.1. The summed E-state index contributed by atoms with van der Waals surface area (Å²) < 4.78 is 6.51. The topological polar surface area (TPSA) is 19.6 Å². The maximum Gasteiger partial charge on any atom is 0.135 e. The second-order valence-electron chi connectivity index (χ2n) is 16.5. The van der Waals surface area contributed by atoms with Crippen LogP contribution >= 0.6 is 0 Å². The third-order valence-corrected chi connectivity index (χ3v) is 13.0. The zero-order chi connectivity index (χ0) is 36.3. The summed E-state index contributed by atoms with van der Waals surface area (Å²) >= 11 is 0. The Hall–Kier alpha value is -6.06. The van der Waals surface area contributed by atoms with Gasteiger partial charge in [-0.15, -0.1) is 0 Å². The minimum absolute atomic E-state index is 0.370. The molecule has 4 aliphatic rings. The molecule has 1 aromatic heterocycles. The summed E-state index contributed by atoms with van der Waals surface area (Å²) in [6.07, 6.45) is 8.53. The normalized spacial score (nSPS) is 21.3. The number of benzene rings is 7. The fourth-order valence-electron chi connectivity index (χ4n) is 10.9. The number of anilines is 6. The molecule has 268 valence electrons. The molecular formula is C52H44N2O. The molecule has 0 unspecified atom stereocenters. The Kier molecular flexibility index (Phi) is 7.69. The van der Waals surface area contributed by atoms with Gasteiger partial charge < -0.3 is 14.2 Å². The Bertz CT molecular complexity index is 2540. The lowest BCUT2D eigenvalue weighted by atomic mass is 9.48. The molecule has 55 heavy (non-hydrogen) atoms. The smallest absolute Gasteiger partial charge is 0.135 e. The van der Waals surface area contributed by atoms with Crippen molar-refractivity contribution in [2.24, 2.45) is 17.8 Å². The van der Waals surface area contributed by atoms with Crippen LogP contribution in [0, 0.1) is 17.8 Å². The first kappa shape index (κ1) is 32.4. The van der Waals surface area contributed by atoms with Gasteiger partial charge in [0, 0.05) is 44.9 Å². The molecule has 7 aromatic carbocycles. The van der Waals surface area contributed by atoms with Crippen LogP contribution in [0.3, 0.4) is 0 Å². The number of nitrogens with zero attached hydrogens (tertiary/aromatic N) is 2. The third-order valence-electron chi connectivity index (χ3n) is 13.0. The van der Waals surface area contributed by atoms with Crippen molar-refractivity contribution in [3.63, 3.8) is 0 Å². The van der Waals surface area contributed by atoms with E-state index in [2.05, 4.69) is 186 Å². The fraction of sp³-hybridized carbons (Fsp3) is 0.192. The van der Waals surface area contributed by atoms with Crippen LogP contribution in [0.4, 0.5) is 34.1 Å². The largest absolute Gasteiger partial charge is 0.456 e. The van der Waals surface area contributed by atoms with Gasteiger partial charge in [0.25, 0.3) is 0 Å². The lowest BCUT2D eigenvalue weighted by Crippen LogP contribution is -2.48. The summed E-state index contributed by atoms with van der Waals surface area (Å²) in [5.41, 5.74) is 12.9. The highest BCUT2D eigenvalue weighted by Crippen LogP contribution is 2.61. The molecule has 0 saturated heterocycles. The number of fused-ring (bicyclic) bond motifs is 3. The highest BCUT2D eigenvalue weighted by Gasteiger charge is 2.51. The molecule has 4 aliphatic carbocycles. The standard InChI is InChI=1S/C52H44N2O/c1-4-10-39(11-5-1)40-16-20-44(21-17-40)54(45-22-18-41(19-23-45)52-33-36-28-37(34-52)30-38(29-36)35-52)47-25-27-51-49(32-47)48-31-46(24-26-50(48)55-51)53(42-12-6-2-7-13-42)43-14-8-3-9-15-43/h1-27,31-32,36-38H,28-30,33-35H2. The summed E-state index contributed by atoms with van der Waals surface area (Å²) in [6.45, 7) is 0. The molecule has 4 fully saturated rings. The van der Waals surface area contributed by atoms with Gasteiger partial charge >= 0.3 is 0 Å². The van der Waals surface area contributed by atoms with Gasteiger partial charge in [0.1, 0.15) is 11.2 Å². The molecule has 0 spiro atoms. The number of furan rings is 1. The average molecular weight is 713 g/mol. The molecule has 0 N–H and O–H groups in total. The summed E-state index contributed by atoms with van der Waals surface area (Å²) in [5, 5.41) is 2.20. The summed E-state index contributed by atoms with van der Waals surface area (Å²) in [6, 6.07) is 63.8. The Morgan fingerprint density at radius 3 is 1.24 bits per heavy atom. The lowest BCUT2D eigenvalue weighted by Gasteiger charge is -2.57. The maximum atomic E-state index is 6.51. The van der Waals surface area contributed by atoms with E-state index in [0.29, 0.717) is 5.41 Å². The van der Waals surface area contributed by atoms with E-state index in [4.69, 9.17) is 4.42 Å². The van der Waals surface area contributed by atoms with Crippen LogP contribution < -0.4 is 9.80 Å². The van der Waals surface area contributed by atoms with Crippen LogP contribution in [-0.2, 0) is 5.41 Å². The van der Waals surface area contributed by atoms with E-state index in [0.717, 1.165) is 68.1 Å². The van der Waals surface area contributed by atoms with Crippen LogP contribution in [0.25, 0.3) is 33.1 Å². The van der Waals surface area contributed by atoms with Gasteiger partial charge in [-0.2, -0.15) is 0 Å². The predicted octanol–water partition coefficient (Wildman–Crippen LogP) is 14.7. The number of para-hydroxylation sites is 2. The molecule has 4 bridgehead atoms. The van der Waals surface area contributed by atoms with Crippen molar-refractivity contribution in [1.29, 1.82) is 0 Å². The van der Waals surface area contributed by atoms with Crippen LogP contribution in [-0.4, -0.2) is 0 Å². The predicted molar refractivity (Wildman–Crippen MR) is 228 cm³/mol. The second kappa shape index (κ2) is 13.1. The van der Waals surface area contributed by atoms with Crippen molar-refractivity contribution in [2.45, 2.75) is 43.9 Å². The molecule has 1 heterocycles. The zero-order valence-corrected chi connectivity index (χ0v) is 31.0. The lowest BCUT2D eigenvalue weighted by molar-refractivity contribution is -0.00518. The van der Waals surface area contributed by atoms with Crippen LogP contribution in [0.1, 0.15) is 44.1 Å². The Morgan fingerprint density at radius 2 is 0.764 bits per heavy atom. The number of hydrogen-bond donors (Lipinski definition) is 0. The van der Waals surface area contributed by atoms with Crippen LogP contribution in [0.5, 0.6) is 0 Å². The second-order valence-corrected chi connectivity index (χ2v) is 16.5. The molecule has 3 nitrogen and oxygen atoms in total. The molecule has 0 aliphatic heterocycles. The number of hydrogen-bond acceptors (Lipinski definition) is 3. The van der Waals surface area contributed by atoms with E-state index in [9.17, 15) is 0 Å². The van der Waals surface area contributed by atoms with E-state index in [1.54, 1.807) is 5.56 Å². The monoisotopic (exact) mass is 712 g/mol. The van der Waals surface area contributed by atoms with Crippen molar-refractivity contribution >= 4 is 56.1 Å². The van der Waals surface area contributed by atoms with E-state index < -0.39 is 0 Å². The van der Waals surface area contributed by atoms with Gasteiger partial charge in [-0.3, -0.25) is 0 Å². The Morgan fingerprint density at radius 1 is 0.382 bits per heavy atom. The Labute approximate surface area is 323 Å². The minimum atomic E-state index is 0.370. The molecule has 8 aromatic rings. The van der Waals surface area contributed by atoms with E-state index in [1.165, 1.54) is 55.3 Å². The van der Waals surface area contributed by atoms with Crippen molar-refractivity contribution in [3.8, 4) is 11.1 Å². The summed E-state index contributed by atoms with van der Waals surface area (Å²) in [5.74, 6) is 2.78. The van der Waals surface area contributed by atoms with E-state index in [-0.39, 0.29) is 0 Å². The summed E-state index contributed by atoms with van der Waals surface area (Å²) in [4.78, 5) is 4.73.